The number of amides is 2. The lowest BCUT2D eigenvalue weighted by Crippen LogP contribution is -2.53. The second-order valence-corrected chi connectivity index (χ2v) is 6.79. The normalized spacial score (nSPS) is 17.3. The molecule has 0 aromatic heterocycles. The van der Waals surface area contributed by atoms with Gasteiger partial charge in [0.2, 0.25) is 0 Å². The summed E-state index contributed by atoms with van der Waals surface area (Å²) in [5.74, 6) is -0.820. The Morgan fingerprint density at radius 3 is 2.32 bits per heavy atom. The van der Waals surface area contributed by atoms with Gasteiger partial charge in [0.25, 0.3) is 0 Å². The highest BCUT2D eigenvalue weighted by atomic mass is 32.2. The van der Waals surface area contributed by atoms with Gasteiger partial charge in [-0.2, -0.15) is 11.8 Å². The van der Waals surface area contributed by atoms with Gasteiger partial charge in [-0.1, -0.05) is 0 Å². The summed E-state index contributed by atoms with van der Waals surface area (Å²) in [5.41, 5.74) is 0. The van der Waals surface area contributed by atoms with Crippen LogP contribution in [0.3, 0.4) is 0 Å². The SMILES string of the molecule is CSC(C)(C)CNC(=O)N1CCN(CC(=O)O)CC1. The third-order valence-corrected chi connectivity index (χ3v) is 4.49. The summed E-state index contributed by atoms with van der Waals surface area (Å²) in [6.45, 7) is 7.25. The molecule has 0 spiro atoms. The van der Waals surface area contributed by atoms with Crippen molar-refractivity contribution in [1.82, 2.24) is 15.1 Å². The molecule has 0 aliphatic carbocycles. The molecule has 2 N–H and O–H groups in total. The Morgan fingerprint density at radius 1 is 1.26 bits per heavy atom. The number of piperazine rings is 1. The second-order valence-electron chi connectivity index (χ2n) is 5.28. The number of carboxylic acids is 1. The average Bonchev–Trinajstić information content (AvgIpc) is 2.36. The van der Waals surface area contributed by atoms with Crippen molar-refractivity contribution < 1.29 is 14.7 Å². The summed E-state index contributed by atoms with van der Waals surface area (Å²) in [6.07, 6.45) is 2.02. The van der Waals surface area contributed by atoms with E-state index < -0.39 is 5.97 Å². The molecule has 2 amide bonds. The molecule has 0 saturated carbocycles. The number of nitrogens with zero attached hydrogens (tertiary/aromatic N) is 2. The van der Waals surface area contributed by atoms with Crippen LogP contribution in [0, 0.1) is 0 Å². The van der Waals surface area contributed by atoms with Crippen molar-refractivity contribution in [2.45, 2.75) is 18.6 Å². The number of thioether (sulfide) groups is 1. The third kappa shape index (κ3) is 5.69. The summed E-state index contributed by atoms with van der Waals surface area (Å²) in [4.78, 5) is 26.1. The zero-order valence-electron chi connectivity index (χ0n) is 11.8. The fourth-order valence-corrected chi connectivity index (χ4v) is 1.99. The Hall–Kier alpha value is -0.950. The van der Waals surface area contributed by atoms with Gasteiger partial charge in [0.1, 0.15) is 0 Å². The minimum absolute atomic E-state index is 0.0286. The third-order valence-electron chi connectivity index (χ3n) is 3.24. The maximum absolute atomic E-state index is 12.0. The molecule has 0 aromatic carbocycles. The van der Waals surface area contributed by atoms with Gasteiger partial charge in [-0.05, 0) is 20.1 Å². The Morgan fingerprint density at radius 2 is 1.84 bits per heavy atom. The first-order valence-corrected chi connectivity index (χ1v) is 7.58. The van der Waals surface area contributed by atoms with Crippen LogP contribution in [0.25, 0.3) is 0 Å². The smallest absolute Gasteiger partial charge is 0.317 e. The van der Waals surface area contributed by atoms with E-state index in [1.807, 2.05) is 11.2 Å². The number of urea groups is 1. The minimum Gasteiger partial charge on any atom is -0.480 e. The van der Waals surface area contributed by atoms with Crippen molar-refractivity contribution in [1.29, 1.82) is 0 Å². The van der Waals surface area contributed by atoms with Gasteiger partial charge in [0, 0.05) is 37.5 Å². The molecule has 19 heavy (non-hydrogen) atoms. The van der Waals surface area contributed by atoms with Gasteiger partial charge in [-0.15, -0.1) is 0 Å². The van der Waals surface area contributed by atoms with Crippen LogP contribution in [0.2, 0.25) is 0 Å². The molecule has 1 heterocycles. The van der Waals surface area contributed by atoms with Crippen molar-refractivity contribution in [3.05, 3.63) is 0 Å². The number of aliphatic carboxylic acids is 1. The molecule has 0 bridgehead atoms. The number of hydrogen-bond acceptors (Lipinski definition) is 4. The highest BCUT2D eigenvalue weighted by molar-refractivity contribution is 7.99. The lowest BCUT2D eigenvalue weighted by molar-refractivity contribution is -0.138. The molecule has 1 aliphatic rings. The molecule has 0 atom stereocenters. The maximum atomic E-state index is 12.0. The fraction of sp³-hybridized carbons (Fsp3) is 0.833. The topological polar surface area (TPSA) is 72.9 Å². The van der Waals surface area contributed by atoms with Gasteiger partial charge in [0.15, 0.2) is 0 Å². The summed E-state index contributed by atoms with van der Waals surface area (Å²) in [7, 11) is 0. The molecule has 1 saturated heterocycles. The molecule has 110 valence electrons. The van der Waals surface area contributed by atoms with Crippen LogP contribution in [0.1, 0.15) is 13.8 Å². The lowest BCUT2D eigenvalue weighted by atomic mass is 10.2. The molecule has 0 unspecified atom stereocenters. The average molecular weight is 289 g/mol. The summed E-state index contributed by atoms with van der Waals surface area (Å²) in [6, 6.07) is -0.0582. The molecule has 6 nitrogen and oxygen atoms in total. The zero-order chi connectivity index (χ0) is 14.5. The first-order valence-electron chi connectivity index (χ1n) is 6.36. The van der Waals surface area contributed by atoms with E-state index in [1.165, 1.54) is 0 Å². The molecule has 7 heteroatoms. The predicted molar refractivity (Wildman–Crippen MR) is 76.6 cm³/mol. The predicted octanol–water partition coefficient (Wildman–Crippen LogP) is 0.540. The summed E-state index contributed by atoms with van der Waals surface area (Å²) >= 11 is 1.72. The number of carboxylic acid groups (broad SMARTS) is 1. The van der Waals surface area contributed by atoms with Crippen LogP contribution in [0.5, 0.6) is 0 Å². The van der Waals surface area contributed by atoms with E-state index in [4.69, 9.17) is 5.11 Å². The van der Waals surface area contributed by atoms with E-state index in [9.17, 15) is 9.59 Å². The van der Waals surface area contributed by atoms with Crippen molar-refractivity contribution in [3.63, 3.8) is 0 Å². The first-order chi connectivity index (χ1) is 8.84. The maximum Gasteiger partial charge on any atom is 0.317 e. The quantitative estimate of drug-likeness (QED) is 0.773. The van der Waals surface area contributed by atoms with Crippen molar-refractivity contribution in [3.8, 4) is 0 Å². The Kier molecular flexibility index (Phi) is 5.93. The number of carbonyl (C=O) groups is 2. The van der Waals surface area contributed by atoms with Crippen LogP contribution >= 0.6 is 11.8 Å². The van der Waals surface area contributed by atoms with Crippen LogP contribution in [-0.4, -0.2) is 77.2 Å². The largest absolute Gasteiger partial charge is 0.480 e. The first kappa shape index (κ1) is 16.1. The molecule has 1 rings (SSSR count). The van der Waals surface area contributed by atoms with E-state index in [2.05, 4.69) is 19.2 Å². The van der Waals surface area contributed by atoms with Crippen molar-refractivity contribution in [2.75, 3.05) is 45.5 Å². The van der Waals surface area contributed by atoms with Crippen LogP contribution in [-0.2, 0) is 4.79 Å². The van der Waals surface area contributed by atoms with Gasteiger partial charge in [0.05, 0.1) is 6.54 Å². The molecular formula is C12H23N3O3S. The van der Waals surface area contributed by atoms with E-state index >= 15 is 0 Å². The number of nitrogens with one attached hydrogen (secondary N) is 1. The second kappa shape index (κ2) is 7.00. The Balaban J connectivity index is 2.31. The van der Waals surface area contributed by atoms with Gasteiger partial charge in [-0.25, -0.2) is 4.79 Å². The van der Waals surface area contributed by atoms with Gasteiger partial charge in [-0.3, -0.25) is 9.69 Å². The van der Waals surface area contributed by atoms with Crippen molar-refractivity contribution >= 4 is 23.8 Å². The van der Waals surface area contributed by atoms with Gasteiger partial charge < -0.3 is 15.3 Å². The molecule has 0 aromatic rings. The van der Waals surface area contributed by atoms with E-state index in [-0.39, 0.29) is 17.3 Å². The van der Waals surface area contributed by atoms with Crippen molar-refractivity contribution in [2.24, 2.45) is 0 Å². The van der Waals surface area contributed by atoms with Crippen LogP contribution < -0.4 is 5.32 Å². The van der Waals surface area contributed by atoms with Gasteiger partial charge >= 0.3 is 12.0 Å². The molecule has 0 radical (unpaired) electrons. The minimum atomic E-state index is -0.820. The van der Waals surface area contributed by atoms with E-state index in [1.54, 1.807) is 16.7 Å². The number of hydrogen-bond donors (Lipinski definition) is 2. The summed E-state index contributed by atoms with van der Waals surface area (Å²) < 4.78 is 0.0286. The lowest BCUT2D eigenvalue weighted by Gasteiger charge is -2.34. The number of rotatable bonds is 5. The number of carbonyl (C=O) groups excluding carboxylic acids is 1. The highest BCUT2D eigenvalue weighted by Gasteiger charge is 2.24. The molecular weight excluding hydrogens is 266 g/mol. The monoisotopic (exact) mass is 289 g/mol. The van der Waals surface area contributed by atoms with Crippen LogP contribution in [0.4, 0.5) is 4.79 Å². The Bertz CT molecular complexity index is 328. The highest BCUT2D eigenvalue weighted by Crippen LogP contribution is 2.19. The standard InChI is InChI=1S/C12H23N3O3S/c1-12(2,19-3)9-13-11(18)15-6-4-14(5-7-15)8-10(16)17/h4-9H2,1-3H3,(H,13,18)(H,16,17). The zero-order valence-corrected chi connectivity index (χ0v) is 12.6. The molecule has 1 aliphatic heterocycles. The summed E-state index contributed by atoms with van der Waals surface area (Å²) in [5, 5.41) is 11.6. The van der Waals surface area contributed by atoms with E-state index in [0.717, 1.165) is 0 Å². The van der Waals surface area contributed by atoms with Crippen LogP contribution in [0.15, 0.2) is 0 Å². The van der Waals surface area contributed by atoms with E-state index in [0.29, 0.717) is 32.7 Å². The molecule has 1 fully saturated rings. The Labute approximate surface area is 118 Å². The fourth-order valence-electron chi connectivity index (χ4n) is 1.77.